The molecule has 0 fully saturated rings. The first-order chi connectivity index (χ1) is 7.69. The zero-order valence-electron chi connectivity index (χ0n) is 9.66. The number of carbonyl (C=O) groups excluding carboxylic acids is 1. The molecule has 1 aromatic rings. The molecule has 0 saturated heterocycles. The van der Waals surface area contributed by atoms with Crippen LogP contribution in [-0.2, 0) is 0 Å². The van der Waals surface area contributed by atoms with Crippen molar-refractivity contribution in [2.45, 2.75) is 32.7 Å². The molecule has 16 heavy (non-hydrogen) atoms. The van der Waals surface area contributed by atoms with Gasteiger partial charge < -0.3 is 5.32 Å². The molecule has 1 amide bonds. The molecule has 0 aliphatic carbocycles. The molecule has 0 aliphatic rings. The van der Waals surface area contributed by atoms with E-state index in [-0.39, 0.29) is 11.9 Å². The molecule has 0 saturated carbocycles. The van der Waals surface area contributed by atoms with E-state index in [2.05, 4.69) is 16.2 Å². The highest BCUT2D eigenvalue weighted by Gasteiger charge is 2.13. The number of nitrogens with one attached hydrogen (secondary N) is 1. The fraction of sp³-hybridized carbons (Fsp3) is 0.385. The van der Waals surface area contributed by atoms with Crippen LogP contribution in [0.4, 0.5) is 0 Å². The molecule has 1 rings (SSSR count). The molecule has 3 heteroatoms. The van der Waals surface area contributed by atoms with E-state index in [1.165, 1.54) is 0 Å². The van der Waals surface area contributed by atoms with Crippen molar-refractivity contribution in [1.82, 2.24) is 10.3 Å². The highest BCUT2D eigenvalue weighted by atomic mass is 16.1. The SMILES string of the molecule is C#CCC(CC)NC(=O)c1ncccc1C. The number of nitrogens with zero attached hydrogens (tertiary/aromatic N) is 1. The van der Waals surface area contributed by atoms with Gasteiger partial charge in [0.05, 0.1) is 0 Å². The maximum absolute atomic E-state index is 11.9. The summed E-state index contributed by atoms with van der Waals surface area (Å²) in [6, 6.07) is 3.70. The first-order valence-corrected chi connectivity index (χ1v) is 5.35. The van der Waals surface area contributed by atoms with Gasteiger partial charge in [-0.25, -0.2) is 0 Å². The second-order valence-electron chi connectivity index (χ2n) is 3.66. The molecule has 1 atom stereocenters. The van der Waals surface area contributed by atoms with Gasteiger partial charge in [0.1, 0.15) is 5.69 Å². The number of rotatable bonds is 4. The standard InChI is InChI=1S/C13H16N2O/c1-4-7-11(5-2)15-13(16)12-10(3)8-6-9-14-12/h1,6,8-9,11H,5,7H2,2-3H3,(H,15,16). The minimum Gasteiger partial charge on any atom is -0.347 e. The Bertz CT molecular complexity index is 407. The second kappa shape index (κ2) is 5.92. The Morgan fingerprint density at radius 3 is 3.00 bits per heavy atom. The van der Waals surface area contributed by atoms with E-state index >= 15 is 0 Å². The smallest absolute Gasteiger partial charge is 0.270 e. The Kier molecular flexibility index (Phi) is 4.53. The first kappa shape index (κ1) is 12.3. The van der Waals surface area contributed by atoms with E-state index < -0.39 is 0 Å². The maximum atomic E-state index is 11.9. The zero-order chi connectivity index (χ0) is 12.0. The van der Waals surface area contributed by atoms with Gasteiger partial charge >= 0.3 is 0 Å². The summed E-state index contributed by atoms with van der Waals surface area (Å²) in [5, 5.41) is 2.88. The predicted molar refractivity (Wildman–Crippen MR) is 64.0 cm³/mol. The molecule has 0 bridgehead atoms. The molecule has 0 aliphatic heterocycles. The Labute approximate surface area is 96.3 Å². The van der Waals surface area contributed by atoms with Crippen LogP contribution in [0, 0.1) is 19.3 Å². The third kappa shape index (κ3) is 3.09. The van der Waals surface area contributed by atoms with Crippen molar-refractivity contribution in [2.75, 3.05) is 0 Å². The normalized spacial score (nSPS) is 11.6. The lowest BCUT2D eigenvalue weighted by Crippen LogP contribution is -2.35. The van der Waals surface area contributed by atoms with E-state index in [9.17, 15) is 4.79 Å². The Morgan fingerprint density at radius 2 is 2.44 bits per heavy atom. The molecule has 1 unspecified atom stereocenters. The highest BCUT2D eigenvalue weighted by Crippen LogP contribution is 2.04. The number of hydrogen-bond donors (Lipinski definition) is 1. The summed E-state index contributed by atoms with van der Waals surface area (Å²) in [4.78, 5) is 15.9. The minimum absolute atomic E-state index is 0.0268. The summed E-state index contributed by atoms with van der Waals surface area (Å²) in [5.74, 6) is 2.40. The van der Waals surface area contributed by atoms with Crippen molar-refractivity contribution in [3.8, 4) is 12.3 Å². The minimum atomic E-state index is -0.153. The highest BCUT2D eigenvalue weighted by molar-refractivity contribution is 5.93. The van der Waals surface area contributed by atoms with Gasteiger partial charge in [0.25, 0.3) is 5.91 Å². The van der Waals surface area contributed by atoms with Gasteiger partial charge in [-0.2, -0.15) is 0 Å². The predicted octanol–water partition coefficient (Wildman–Crippen LogP) is 1.92. The molecule has 3 nitrogen and oxygen atoms in total. The van der Waals surface area contributed by atoms with Crippen molar-refractivity contribution >= 4 is 5.91 Å². The summed E-state index contributed by atoms with van der Waals surface area (Å²) in [6.45, 7) is 3.86. The van der Waals surface area contributed by atoms with E-state index in [1.54, 1.807) is 6.20 Å². The molecule has 1 heterocycles. The van der Waals surface area contributed by atoms with Crippen molar-refractivity contribution in [3.05, 3.63) is 29.6 Å². The van der Waals surface area contributed by atoms with Gasteiger partial charge in [-0.15, -0.1) is 12.3 Å². The van der Waals surface area contributed by atoms with Crippen LogP contribution in [-0.4, -0.2) is 16.9 Å². The molecule has 1 N–H and O–H groups in total. The van der Waals surface area contributed by atoms with Crippen molar-refractivity contribution in [2.24, 2.45) is 0 Å². The largest absolute Gasteiger partial charge is 0.347 e. The molecular formula is C13H16N2O. The lowest BCUT2D eigenvalue weighted by Gasteiger charge is -2.14. The van der Waals surface area contributed by atoms with E-state index in [4.69, 9.17) is 6.42 Å². The molecule has 1 aromatic heterocycles. The van der Waals surface area contributed by atoms with E-state index in [0.717, 1.165) is 12.0 Å². The van der Waals surface area contributed by atoms with Crippen LogP contribution < -0.4 is 5.32 Å². The van der Waals surface area contributed by atoms with Crippen LogP contribution in [0.3, 0.4) is 0 Å². The van der Waals surface area contributed by atoms with Crippen molar-refractivity contribution in [3.63, 3.8) is 0 Å². The first-order valence-electron chi connectivity index (χ1n) is 5.35. The summed E-state index contributed by atoms with van der Waals surface area (Å²) in [5.41, 5.74) is 1.34. The number of aromatic nitrogens is 1. The summed E-state index contributed by atoms with van der Waals surface area (Å²) >= 11 is 0. The maximum Gasteiger partial charge on any atom is 0.270 e. The summed E-state index contributed by atoms with van der Waals surface area (Å²) < 4.78 is 0. The Hall–Kier alpha value is -1.82. The van der Waals surface area contributed by atoms with Gasteiger partial charge in [-0.05, 0) is 25.0 Å². The van der Waals surface area contributed by atoms with Crippen LogP contribution >= 0.6 is 0 Å². The van der Waals surface area contributed by atoms with Gasteiger partial charge in [0, 0.05) is 18.7 Å². The van der Waals surface area contributed by atoms with Crippen molar-refractivity contribution in [1.29, 1.82) is 0 Å². The van der Waals surface area contributed by atoms with Crippen LogP contribution in [0.25, 0.3) is 0 Å². The van der Waals surface area contributed by atoms with Crippen molar-refractivity contribution < 1.29 is 4.79 Å². The Balaban J connectivity index is 2.73. The second-order valence-corrected chi connectivity index (χ2v) is 3.66. The number of terminal acetylenes is 1. The molecular weight excluding hydrogens is 200 g/mol. The van der Waals surface area contributed by atoms with Crippen LogP contribution in [0.5, 0.6) is 0 Å². The molecule has 0 spiro atoms. The van der Waals surface area contributed by atoms with Gasteiger partial charge in [-0.1, -0.05) is 13.0 Å². The molecule has 0 aromatic carbocycles. The summed E-state index contributed by atoms with van der Waals surface area (Å²) in [6.07, 6.45) is 8.22. The van der Waals surface area contributed by atoms with Crippen LogP contribution in [0.2, 0.25) is 0 Å². The number of amides is 1. The monoisotopic (exact) mass is 216 g/mol. The number of hydrogen-bond acceptors (Lipinski definition) is 2. The number of carbonyl (C=O) groups is 1. The topological polar surface area (TPSA) is 42.0 Å². The third-order valence-electron chi connectivity index (χ3n) is 2.42. The number of pyridine rings is 1. The number of aryl methyl sites for hydroxylation is 1. The lowest BCUT2D eigenvalue weighted by atomic mass is 10.1. The average molecular weight is 216 g/mol. The van der Waals surface area contributed by atoms with Crippen LogP contribution in [0.1, 0.15) is 35.8 Å². The summed E-state index contributed by atoms with van der Waals surface area (Å²) in [7, 11) is 0. The third-order valence-corrected chi connectivity index (χ3v) is 2.42. The fourth-order valence-electron chi connectivity index (χ4n) is 1.42. The van der Waals surface area contributed by atoms with Gasteiger partial charge in [-0.3, -0.25) is 9.78 Å². The van der Waals surface area contributed by atoms with E-state index in [0.29, 0.717) is 12.1 Å². The lowest BCUT2D eigenvalue weighted by molar-refractivity contribution is 0.0931. The van der Waals surface area contributed by atoms with E-state index in [1.807, 2.05) is 26.0 Å². The van der Waals surface area contributed by atoms with Gasteiger partial charge in [0.15, 0.2) is 0 Å². The zero-order valence-corrected chi connectivity index (χ0v) is 9.66. The van der Waals surface area contributed by atoms with Gasteiger partial charge in [0.2, 0.25) is 0 Å². The Morgan fingerprint density at radius 1 is 1.69 bits per heavy atom. The molecule has 84 valence electrons. The molecule has 0 radical (unpaired) electrons. The van der Waals surface area contributed by atoms with Crippen LogP contribution in [0.15, 0.2) is 18.3 Å². The average Bonchev–Trinajstić information content (AvgIpc) is 2.28. The fourth-order valence-corrected chi connectivity index (χ4v) is 1.42. The quantitative estimate of drug-likeness (QED) is 0.781.